The summed E-state index contributed by atoms with van der Waals surface area (Å²) in [6.07, 6.45) is 71.2. The van der Waals surface area contributed by atoms with Crippen LogP contribution in [0.5, 0.6) is 0 Å². The second-order valence-corrected chi connectivity index (χ2v) is 21.8. The van der Waals surface area contributed by atoms with Gasteiger partial charge in [-0.15, -0.1) is 0 Å². The quantitative estimate of drug-likeness (QED) is 0.0308. The van der Waals surface area contributed by atoms with Crippen LogP contribution in [0.1, 0.15) is 341 Å². The van der Waals surface area contributed by atoms with E-state index in [-0.39, 0.29) is 0 Å². The van der Waals surface area contributed by atoms with Crippen molar-refractivity contribution in [1.82, 2.24) is 5.32 Å². The lowest BCUT2D eigenvalue weighted by Crippen LogP contribution is -2.53. The number of rotatable bonds is 58. The standard InChI is InChI=1S/C63H123NO5/c1-3-5-7-9-11-13-15-17-19-21-23-25-27-29-30-31-33-35-37-39-41-43-45-47-49-51-53-55-57-61(67)63(69)64-59(58-65)62(68)60(66)56-54-52-50-48-46-44-42-40-38-36-34-32-28-26-24-22-20-18-16-14-12-10-8-6-4-2/h23,25,29-30,59-62,65-68H,3-22,24,26-28,31-58H2,1-2H3,(H,64,69)/b25-23-,30-29-. The Labute approximate surface area is 431 Å². The number of carbonyl (C=O) groups is 1. The van der Waals surface area contributed by atoms with E-state index in [2.05, 4.69) is 43.5 Å². The Morgan fingerprint density at radius 1 is 0.362 bits per heavy atom. The van der Waals surface area contributed by atoms with E-state index in [0.29, 0.717) is 12.8 Å². The van der Waals surface area contributed by atoms with Crippen molar-refractivity contribution in [2.24, 2.45) is 0 Å². The largest absolute Gasteiger partial charge is 0.394 e. The van der Waals surface area contributed by atoms with Gasteiger partial charge in [-0.1, -0.05) is 321 Å². The molecule has 0 heterocycles. The number of hydrogen-bond acceptors (Lipinski definition) is 5. The fourth-order valence-electron chi connectivity index (χ4n) is 10.0. The van der Waals surface area contributed by atoms with Gasteiger partial charge in [0.25, 0.3) is 0 Å². The van der Waals surface area contributed by atoms with Gasteiger partial charge in [0.15, 0.2) is 0 Å². The summed E-state index contributed by atoms with van der Waals surface area (Å²) in [5.41, 5.74) is 0. The van der Waals surface area contributed by atoms with E-state index in [1.165, 1.54) is 270 Å². The molecule has 0 fully saturated rings. The molecule has 0 aliphatic heterocycles. The van der Waals surface area contributed by atoms with E-state index >= 15 is 0 Å². The summed E-state index contributed by atoms with van der Waals surface area (Å²) in [7, 11) is 0. The molecule has 0 saturated carbocycles. The molecule has 69 heavy (non-hydrogen) atoms. The van der Waals surface area contributed by atoms with Gasteiger partial charge in [0.1, 0.15) is 12.2 Å². The number of amides is 1. The highest BCUT2D eigenvalue weighted by molar-refractivity contribution is 5.80. The summed E-state index contributed by atoms with van der Waals surface area (Å²) in [6, 6.07) is -0.986. The highest BCUT2D eigenvalue weighted by Gasteiger charge is 2.28. The van der Waals surface area contributed by atoms with Crippen LogP contribution >= 0.6 is 0 Å². The molecule has 5 N–H and O–H groups in total. The van der Waals surface area contributed by atoms with Gasteiger partial charge < -0.3 is 25.7 Å². The molecule has 0 radical (unpaired) electrons. The molecule has 4 unspecified atom stereocenters. The highest BCUT2D eigenvalue weighted by Crippen LogP contribution is 2.19. The monoisotopic (exact) mass is 974 g/mol. The molecule has 0 aliphatic rings. The smallest absolute Gasteiger partial charge is 0.249 e. The van der Waals surface area contributed by atoms with Crippen LogP contribution in [0, 0.1) is 0 Å². The maximum atomic E-state index is 12.6. The Hall–Kier alpha value is -1.21. The molecule has 0 aromatic rings. The normalized spacial score (nSPS) is 13.8. The molecule has 6 heteroatoms. The first kappa shape index (κ1) is 67.8. The zero-order valence-electron chi connectivity index (χ0n) is 46.6. The summed E-state index contributed by atoms with van der Waals surface area (Å²) >= 11 is 0. The second-order valence-electron chi connectivity index (χ2n) is 21.8. The van der Waals surface area contributed by atoms with Gasteiger partial charge >= 0.3 is 0 Å². The van der Waals surface area contributed by atoms with E-state index in [0.717, 1.165) is 44.9 Å². The van der Waals surface area contributed by atoms with Crippen LogP contribution in [-0.4, -0.2) is 57.3 Å². The minimum Gasteiger partial charge on any atom is -0.394 e. The van der Waals surface area contributed by atoms with Crippen LogP contribution in [0.25, 0.3) is 0 Å². The predicted molar refractivity (Wildman–Crippen MR) is 302 cm³/mol. The van der Waals surface area contributed by atoms with Gasteiger partial charge in [-0.05, 0) is 44.9 Å². The van der Waals surface area contributed by atoms with Crippen LogP contribution in [-0.2, 0) is 4.79 Å². The summed E-state index contributed by atoms with van der Waals surface area (Å²) in [6.45, 7) is 4.10. The second kappa shape index (κ2) is 57.7. The number of carbonyl (C=O) groups excluding carboxylic acids is 1. The topological polar surface area (TPSA) is 110 Å². The minimum atomic E-state index is -1.26. The van der Waals surface area contributed by atoms with Crippen LogP contribution in [0.3, 0.4) is 0 Å². The van der Waals surface area contributed by atoms with Crippen molar-refractivity contribution in [1.29, 1.82) is 0 Å². The summed E-state index contributed by atoms with van der Waals surface area (Å²) < 4.78 is 0. The first-order chi connectivity index (χ1) is 34.0. The van der Waals surface area contributed by atoms with E-state index in [1.54, 1.807) is 0 Å². The lowest BCUT2D eigenvalue weighted by Gasteiger charge is -2.27. The molecule has 0 aromatic heterocycles. The Morgan fingerprint density at radius 2 is 0.623 bits per heavy atom. The van der Waals surface area contributed by atoms with Crippen molar-refractivity contribution in [3.63, 3.8) is 0 Å². The van der Waals surface area contributed by atoms with E-state index in [4.69, 9.17) is 0 Å². The van der Waals surface area contributed by atoms with Gasteiger partial charge in [-0.25, -0.2) is 0 Å². The van der Waals surface area contributed by atoms with Crippen LogP contribution in [0.2, 0.25) is 0 Å². The van der Waals surface area contributed by atoms with Gasteiger partial charge in [-0.2, -0.15) is 0 Å². The molecule has 0 aliphatic carbocycles. The molecule has 0 aromatic carbocycles. The van der Waals surface area contributed by atoms with Crippen molar-refractivity contribution < 1.29 is 25.2 Å². The van der Waals surface area contributed by atoms with Crippen LogP contribution in [0.15, 0.2) is 24.3 Å². The molecule has 1 amide bonds. The molecule has 4 atom stereocenters. The van der Waals surface area contributed by atoms with Gasteiger partial charge in [0.05, 0.1) is 18.8 Å². The van der Waals surface area contributed by atoms with Gasteiger partial charge in [0, 0.05) is 0 Å². The summed E-state index contributed by atoms with van der Waals surface area (Å²) in [5, 5.41) is 44.1. The summed E-state index contributed by atoms with van der Waals surface area (Å²) in [4.78, 5) is 12.6. The SMILES string of the molecule is CCCCCCCCCCC/C=C\C/C=C\CCCCCCCCCCCCCCC(O)C(=O)NC(CO)C(O)C(O)CCCCCCCCCCCCCCCCCCCCCCCCCCC. The summed E-state index contributed by atoms with van der Waals surface area (Å²) in [5.74, 6) is -0.579. The van der Waals surface area contributed by atoms with Crippen molar-refractivity contribution in [2.75, 3.05) is 6.61 Å². The molecule has 410 valence electrons. The van der Waals surface area contributed by atoms with Gasteiger partial charge in [0.2, 0.25) is 5.91 Å². The van der Waals surface area contributed by atoms with Crippen LogP contribution < -0.4 is 5.32 Å². The number of nitrogens with one attached hydrogen (secondary N) is 1. The maximum Gasteiger partial charge on any atom is 0.249 e. The average Bonchev–Trinajstić information content (AvgIpc) is 3.35. The van der Waals surface area contributed by atoms with Crippen molar-refractivity contribution in [3.05, 3.63) is 24.3 Å². The minimum absolute atomic E-state index is 0.370. The number of hydrogen-bond donors (Lipinski definition) is 5. The third-order valence-electron chi connectivity index (χ3n) is 14.9. The Morgan fingerprint density at radius 3 is 0.913 bits per heavy atom. The van der Waals surface area contributed by atoms with Crippen molar-refractivity contribution >= 4 is 5.91 Å². The number of unbranched alkanes of at least 4 members (excludes halogenated alkanes) is 45. The van der Waals surface area contributed by atoms with E-state index in [1.807, 2.05) is 0 Å². The highest BCUT2D eigenvalue weighted by atomic mass is 16.3. The van der Waals surface area contributed by atoms with Crippen LogP contribution in [0.4, 0.5) is 0 Å². The maximum absolute atomic E-state index is 12.6. The number of aliphatic hydroxyl groups excluding tert-OH is 4. The zero-order valence-corrected chi connectivity index (χ0v) is 46.6. The lowest BCUT2D eigenvalue weighted by molar-refractivity contribution is -0.132. The molecule has 0 bridgehead atoms. The Kier molecular flexibility index (Phi) is 56.7. The lowest BCUT2D eigenvalue weighted by atomic mass is 9.99. The fourth-order valence-corrected chi connectivity index (χ4v) is 10.0. The predicted octanol–water partition coefficient (Wildman–Crippen LogP) is 18.6. The average molecular weight is 975 g/mol. The molecule has 0 spiro atoms. The molecular formula is C63H123NO5. The van der Waals surface area contributed by atoms with Crippen molar-refractivity contribution in [3.8, 4) is 0 Å². The van der Waals surface area contributed by atoms with E-state index < -0.39 is 36.9 Å². The molecule has 0 saturated heterocycles. The zero-order chi connectivity index (χ0) is 50.2. The first-order valence-corrected chi connectivity index (χ1v) is 31.2. The molecule has 0 rings (SSSR count). The fraction of sp³-hybridized carbons (Fsp3) is 0.921. The Balaban J connectivity index is 3.59. The third-order valence-corrected chi connectivity index (χ3v) is 14.9. The Bertz CT molecular complexity index is 1050. The van der Waals surface area contributed by atoms with Gasteiger partial charge in [-0.3, -0.25) is 4.79 Å². The third kappa shape index (κ3) is 51.5. The van der Waals surface area contributed by atoms with E-state index in [9.17, 15) is 25.2 Å². The number of allylic oxidation sites excluding steroid dienone is 4. The number of aliphatic hydroxyl groups is 4. The molecular weight excluding hydrogens is 851 g/mol. The molecule has 6 nitrogen and oxygen atoms in total. The first-order valence-electron chi connectivity index (χ1n) is 31.2. The van der Waals surface area contributed by atoms with Crippen molar-refractivity contribution in [2.45, 2.75) is 366 Å².